The fourth-order valence-corrected chi connectivity index (χ4v) is 1.62. The second-order valence-corrected chi connectivity index (χ2v) is 3.23. The van der Waals surface area contributed by atoms with Gasteiger partial charge in [-0.1, -0.05) is 12.1 Å². The van der Waals surface area contributed by atoms with Gasteiger partial charge in [0.2, 0.25) is 0 Å². The van der Waals surface area contributed by atoms with Crippen LogP contribution >= 0.6 is 0 Å². The van der Waals surface area contributed by atoms with E-state index in [1.54, 1.807) is 31.2 Å². The van der Waals surface area contributed by atoms with Crippen LogP contribution in [-0.2, 0) is 4.74 Å². The van der Waals surface area contributed by atoms with Crippen molar-refractivity contribution in [1.29, 1.82) is 0 Å². The lowest BCUT2D eigenvalue weighted by atomic mass is 10.1. The maximum atomic E-state index is 11.5. The third-order valence-electron chi connectivity index (χ3n) is 2.29. The summed E-state index contributed by atoms with van der Waals surface area (Å²) >= 11 is 0. The molecule has 0 radical (unpaired) electrons. The van der Waals surface area contributed by atoms with Crippen molar-refractivity contribution in [2.24, 2.45) is 0 Å². The fraction of sp³-hybridized carbons (Fsp3) is 0.273. The fourth-order valence-electron chi connectivity index (χ4n) is 1.62. The molecule has 15 heavy (non-hydrogen) atoms. The Morgan fingerprint density at radius 3 is 2.93 bits per heavy atom. The summed E-state index contributed by atoms with van der Waals surface area (Å²) in [7, 11) is 0. The highest BCUT2D eigenvalue weighted by atomic mass is 16.6. The molecule has 0 N–H and O–H groups in total. The van der Waals surface area contributed by atoms with Gasteiger partial charge in [0, 0.05) is 5.56 Å². The van der Waals surface area contributed by atoms with Crippen molar-refractivity contribution in [3.05, 3.63) is 29.8 Å². The summed E-state index contributed by atoms with van der Waals surface area (Å²) in [4.78, 5) is 24.4. The second-order valence-electron chi connectivity index (χ2n) is 3.23. The number of nitrogens with zero attached hydrogens (tertiary/aromatic N) is 1. The van der Waals surface area contributed by atoms with E-state index in [4.69, 9.17) is 4.74 Å². The van der Waals surface area contributed by atoms with Gasteiger partial charge in [-0.25, -0.2) is 4.79 Å². The quantitative estimate of drug-likeness (QED) is 0.702. The first-order valence-corrected chi connectivity index (χ1v) is 4.80. The minimum Gasteiger partial charge on any atom is -0.449 e. The first kappa shape index (κ1) is 9.71. The standard InChI is InChI=1S/C11H11NO3/c1-2-15-11(14)12-7-10(13)8-5-3-4-6-9(8)12/h3-6H,2,7H2,1H3. The van der Waals surface area contributed by atoms with Gasteiger partial charge in [0.1, 0.15) is 0 Å². The molecule has 4 heteroatoms. The van der Waals surface area contributed by atoms with Crippen molar-refractivity contribution in [2.45, 2.75) is 6.92 Å². The number of fused-ring (bicyclic) bond motifs is 1. The Kier molecular flexibility index (Phi) is 2.41. The minimum atomic E-state index is -0.462. The predicted molar refractivity (Wildman–Crippen MR) is 55.1 cm³/mol. The van der Waals surface area contributed by atoms with Gasteiger partial charge in [-0.15, -0.1) is 0 Å². The first-order chi connectivity index (χ1) is 7.24. The van der Waals surface area contributed by atoms with Gasteiger partial charge in [-0.3, -0.25) is 9.69 Å². The molecule has 0 fully saturated rings. The van der Waals surface area contributed by atoms with Crippen molar-refractivity contribution in [1.82, 2.24) is 0 Å². The molecule has 1 amide bonds. The lowest BCUT2D eigenvalue weighted by Gasteiger charge is -2.14. The Hall–Kier alpha value is -1.84. The third-order valence-corrected chi connectivity index (χ3v) is 2.29. The molecule has 0 spiro atoms. The number of ketones is 1. The molecule has 78 valence electrons. The smallest absolute Gasteiger partial charge is 0.414 e. The van der Waals surface area contributed by atoms with Crippen molar-refractivity contribution >= 4 is 17.6 Å². The SMILES string of the molecule is CCOC(=O)N1CC(=O)c2ccccc21. The van der Waals surface area contributed by atoms with Gasteiger partial charge in [-0.2, -0.15) is 0 Å². The van der Waals surface area contributed by atoms with Crippen molar-refractivity contribution < 1.29 is 14.3 Å². The van der Waals surface area contributed by atoms with E-state index in [0.717, 1.165) is 0 Å². The van der Waals surface area contributed by atoms with Gasteiger partial charge in [0.15, 0.2) is 5.78 Å². The molecule has 4 nitrogen and oxygen atoms in total. The lowest BCUT2D eigenvalue weighted by molar-refractivity contribution is 0.100. The van der Waals surface area contributed by atoms with Gasteiger partial charge in [-0.05, 0) is 19.1 Å². The molecule has 2 rings (SSSR count). The molecule has 0 saturated heterocycles. The zero-order chi connectivity index (χ0) is 10.8. The van der Waals surface area contributed by atoms with Crippen LogP contribution in [0.5, 0.6) is 0 Å². The predicted octanol–water partition coefficient (Wildman–Crippen LogP) is 1.85. The molecule has 1 heterocycles. The highest BCUT2D eigenvalue weighted by molar-refractivity contribution is 6.14. The molecule has 0 aliphatic carbocycles. The van der Waals surface area contributed by atoms with Gasteiger partial charge in [0.05, 0.1) is 18.8 Å². The number of rotatable bonds is 1. The Labute approximate surface area is 87.4 Å². The largest absolute Gasteiger partial charge is 0.449 e. The molecule has 1 aliphatic rings. The average Bonchev–Trinajstić information content (AvgIpc) is 2.58. The molecule has 0 bridgehead atoms. The zero-order valence-corrected chi connectivity index (χ0v) is 8.40. The number of hydrogen-bond donors (Lipinski definition) is 0. The van der Waals surface area contributed by atoms with Gasteiger partial charge < -0.3 is 4.74 Å². The molecule has 0 saturated carbocycles. The number of carbonyl (C=O) groups is 2. The van der Waals surface area contributed by atoms with E-state index in [0.29, 0.717) is 17.9 Å². The highest BCUT2D eigenvalue weighted by Gasteiger charge is 2.31. The van der Waals surface area contributed by atoms with Gasteiger partial charge in [0.25, 0.3) is 0 Å². The molecule has 1 aromatic carbocycles. The number of Topliss-reactive ketones (excluding diaryl/α,β-unsaturated/α-hetero) is 1. The lowest BCUT2D eigenvalue weighted by Crippen LogP contribution is -2.30. The summed E-state index contributed by atoms with van der Waals surface area (Å²) < 4.78 is 4.87. The number of amides is 1. The molecule has 1 aromatic rings. The topological polar surface area (TPSA) is 46.6 Å². The molecular weight excluding hydrogens is 194 g/mol. The Bertz CT molecular complexity index is 414. The van der Waals surface area contributed by atoms with Crippen LogP contribution in [0.4, 0.5) is 10.5 Å². The zero-order valence-electron chi connectivity index (χ0n) is 8.40. The molecular formula is C11H11NO3. The monoisotopic (exact) mass is 205 g/mol. The highest BCUT2D eigenvalue weighted by Crippen LogP contribution is 2.27. The second kappa shape index (κ2) is 3.73. The summed E-state index contributed by atoms with van der Waals surface area (Å²) in [6.07, 6.45) is -0.462. The first-order valence-electron chi connectivity index (χ1n) is 4.80. The van der Waals surface area contributed by atoms with E-state index in [1.807, 2.05) is 0 Å². The van der Waals surface area contributed by atoms with Crippen LogP contribution in [0.15, 0.2) is 24.3 Å². The number of carbonyl (C=O) groups excluding carboxylic acids is 2. The Morgan fingerprint density at radius 1 is 1.47 bits per heavy atom. The summed E-state index contributed by atoms with van der Waals surface area (Å²) in [6.45, 7) is 2.13. The third kappa shape index (κ3) is 1.58. The van der Waals surface area contributed by atoms with E-state index in [9.17, 15) is 9.59 Å². The number of benzene rings is 1. The van der Waals surface area contributed by atoms with Crippen molar-refractivity contribution in [2.75, 3.05) is 18.1 Å². The van der Waals surface area contributed by atoms with Crippen molar-refractivity contribution in [3.63, 3.8) is 0 Å². The van der Waals surface area contributed by atoms with Gasteiger partial charge >= 0.3 is 6.09 Å². The number of hydrogen-bond acceptors (Lipinski definition) is 3. The van der Waals surface area contributed by atoms with Crippen LogP contribution < -0.4 is 4.90 Å². The van der Waals surface area contributed by atoms with E-state index in [1.165, 1.54) is 4.90 Å². The van der Waals surface area contributed by atoms with Crippen LogP contribution in [0.2, 0.25) is 0 Å². The maximum absolute atomic E-state index is 11.5. The summed E-state index contributed by atoms with van der Waals surface area (Å²) in [5.74, 6) is -0.0429. The van der Waals surface area contributed by atoms with Crippen LogP contribution in [0.1, 0.15) is 17.3 Å². The van der Waals surface area contributed by atoms with E-state index >= 15 is 0 Å². The van der Waals surface area contributed by atoms with E-state index in [2.05, 4.69) is 0 Å². The van der Waals surface area contributed by atoms with Crippen LogP contribution in [-0.4, -0.2) is 25.0 Å². The van der Waals surface area contributed by atoms with Crippen molar-refractivity contribution in [3.8, 4) is 0 Å². The van der Waals surface area contributed by atoms with Crippen LogP contribution in [0.3, 0.4) is 0 Å². The van der Waals surface area contributed by atoms with Crippen LogP contribution in [0, 0.1) is 0 Å². The normalized spacial score (nSPS) is 13.9. The Balaban J connectivity index is 2.32. The Morgan fingerprint density at radius 2 is 2.20 bits per heavy atom. The van der Waals surface area contributed by atoms with Crippen LogP contribution in [0.25, 0.3) is 0 Å². The van der Waals surface area contributed by atoms with E-state index < -0.39 is 6.09 Å². The number of anilines is 1. The summed E-state index contributed by atoms with van der Waals surface area (Å²) in [5.41, 5.74) is 1.23. The summed E-state index contributed by atoms with van der Waals surface area (Å²) in [6, 6.07) is 7.04. The number of ether oxygens (including phenoxy) is 1. The molecule has 0 unspecified atom stereocenters. The maximum Gasteiger partial charge on any atom is 0.414 e. The minimum absolute atomic E-state index is 0.0429. The molecule has 1 aliphatic heterocycles. The average molecular weight is 205 g/mol. The van der Waals surface area contributed by atoms with E-state index in [-0.39, 0.29) is 12.3 Å². The molecule has 0 aromatic heterocycles. The number of para-hydroxylation sites is 1. The summed E-state index contributed by atoms with van der Waals surface area (Å²) in [5, 5.41) is 0. The molecule has 0 atom stereocenters.